The van der Waals surface area contributed by atoms with Crippen LogP contribution in [0.15, 0.2) is 48.5 Å². The van der Waals surface area contributed by atoms with E-state index in [2.05, 4.69) is 5.32 Å². The van der Waals surface area contributed by atoms with Gasteiger partial charge in [-0.2, -0.15) is 0 Å². The third-order valence-corrected chi connectivity index (χ3v) is 3.97. The number of phenolic OH excluding ortho intramolecular Hbond substituents is 1. The van der Waals surface area contributed by atoms with E-state index in [1.54, 1.807) is 43.3 Å². The number of nitrogens with one attached hydrogen (secondary N) is 1. The van der Waals surface area contributed by atoms with E-state index >= 15 is 0 Å². The van der Waals surface area contributed by atoms with Gasteiger partial charge in [0.05, 0.1) is 24.3 Å². The molecular formula is C19H18N2O5. The highest BCUT2D eigenvalue weighted by Crippen LogP contribution is 2.27. The minimum atomic E-state index is -0.710. The minimum absolute atomic E-state index is 0.00805. The van der Waals surface area contributed by atoms with Crippen LogP contribution < -0.4 is 10.2 Å². The summed E-state index contributed by atoms with van der Waals surface area (Å²) in [5.74, 6) is -1.17. The van der Waals surface area contributed by atoms with E-state index in [1.807, 2.05) is 0 Å². The Bertz CT molecular complexity index is 847. The van der Waals surface area contributed by atoms with Crippen LogP contribution in [0.3, 0.4) is 0 Å². The highest BCUT2D eigenvalue weighted by atomic mass is 16.5. The van der Waals surface area contributed by atoms with Gasteiger partial charge in [0.25, 0.3) is 5.91 Å². The molecule has 0 aliphatic carbocycles. The van der Waals surface area contributed by atoms with Gasteiger partial charge in [0.15, 0.2) is 0 Å². The number of carbonyl (C=O) groups excluding carboxylic acids is 3. The van der Waals surface area contributed by atoms with E-state index in [9.17, 15) is 19.5 Å². The minimum Gasteiger partial charge on any atom is -0.508 e. The second-order valence-corrected chi connectivity index (χ2v) is 5.79. The summed E-state index contributed by atoms with van der Waals surface area (Å²) in [7, 11) is 0. The molecular weight excluding hydrogens is 336 g/mol. The first-order chi connectivity index (χ1) is 12.5. The Morgan fingerprint density at radius 1 is 1.23 bits per heavy atom. The SMILES string of the molecule is CCOC(=O)c1ccc(NC2CC(=O)N(c3cccc(O)c3)C2=O)cc1. The summed E-state index contributed by atoms with van der Waals surface area (Å²) in [6.45, 7) is 2.02. The van der Waals surface area contributed by atoms with Gasteiger partial charge in [-0.15, -0.1) is 0 Å². The summed E-state index contributed by atoms with van der Waals surface area (Å²) in [6, 6.07) is 11.8. The molecule has 1 atom stereocenters. The number of anilines is 2. The topological polar surface area (TPSA) is 95.9 Å². The predicted octanol–water partition coefficient (Wildman–Crippen LogP) is 2.31. The van der Waals surface area contributed by atoms with E-state index in [-0.39, 0.29) is 18.1 Å². The Labute approximate surface area is 150 Å². The first kappa shape index (κ1) is 17.5. The van der Waals surface area contributed by atoms with Crippen molar-refractivity contribution >= 4 is 29.2 Å². The Morgan fingerprint density at radius 2 is 1.96 bits per heavy atom. The smallest absolute Gasteiger partial charge is 0.338 e. The fraction of sp³-hybridized carbons (Fsp3) is 0.211. The van der Waals surface area contributed by atoms with Crippen LogP contribution in [-0.2, 0) is 14.3 Å². The number of hydrogen-bond acceptors (Lipinski definition) is 6. The van der Waals surface area contributed by atoms with Gasteiger partial charge >= 0.3 is 5.97 Å². The molecule has 7 nitrogen and oxygen atoms in total. The van der Waals surface area contributed by atoms with Crippen LogP contribution in [0.5, 0.6) is 5.75 Å². The van der Waals surface area contributed by atoms with Crippen LogP contribution in [0.4, 0.5) is 11.4 Å². The lowest BCUT2D eigenvalue weighted by atomic mass is 10.2. The van der Waals surface area contributed by atoms with Crippen molar-refractivity contribution in [3.05, 3.63) is 54.1 Å². The maximum atomic E-state index is 12.6. The monoisotopic (exact) mass is 354 g/mol. The van der Waals surface area contributed by atoms with Gasteiger partial charge in [0, 0.05) is 11.8 Å². The molecule has 0 aromatic heterocycles. The first-order valence-electron chi connectivity index (χ1n) is 8.19. The molecule has 2 amide bonds. The molecule has 0 radical (unpaired) electrons. The molecule has 0 bridgehead atoms. The number of esters is 1. The molecule has 0 saturated carbocycles. The van der Waals surface area contributed by atoms with Crippen LogP contribution in [-0.4, -0.2) is 35.5 Å². The zero-order valence-corrected chi connectivity index (χ0v) is 14.1. The van der Waals surface area contributed by atoms with Gasteiger partial charge in [0.1, 0.15) is 11.8 Å². The maximum absolute atomic E-state index is 12.6. The second-order valence-electron chi connectivity index (χ2n) is 5.79. The predicted molar refractivity (Wildman–Crippen MR) is 95.0 cm³/mol. The summed E-state index contributed by atoms with van der Waals surface area (Å²) >= 11 is 0. The number of aromatic hydroxyl groups is 1. The lowest BCUT2D eigenvalue weighted by Crippen LogP contribution is -2.34. The number of nitrogens with zero attached hydrogens (tertiary/aromatic N) is 1. The molecule has 2 aromatic rings. The number of ether oxygens (including phenoxy) is 1. The highest BCUT2D eigenvalue weighted by molar-refractivity contribution is 6.23. The van der Waals surface area contributed by atoms with E-state index in [0.717, 1.165) is 4.90 Å². The first-order valence-corrected chi connectivity index (χ1v) is 8.19. The van der Waals surface area contributed by atoms with E-state index in [0.29, 0.717) is 23.5 Å². The molecule has 1 fully saturated rings. The van der Waals surface area contributed by atoms with Crippen LogP contribution in [0.1, 0.15) is 23.7 Å². The van der Waals surface area contributed by atoms with Crippen molar-refractivity contribution in [2.45, 2.75) is 19.4 Å². The van der Waals surface area contributed by atoms with Crippen molar-refractivity contribution in [1.29, 1.82) is 0 Å². The lowest BCUT2D eigenvalue weighted by Gasteiger charge is -2.16. The average Bonchev–Trinajstić information content (AvgIpc) is 2.89. The van der Waals surface area contributed by atoms with Gasteiger partial charge < -0.3 is 15.2 Å². The standard InChI is InChI=1S/C19H18N2O5/c1-2-26-19(25)12-6-8-13(9-7-12)20-16-11-17(23)21(18(16)24)14-4-3-5-15(22)10-14/h3-10,16,20,22H,2,11H2,1H3. The number of imide groups is 1. The summed E-state index contributed by atoms with van der Waals surface area (Å²) in [5, 5.41) is 12.6. The van der Waals surface area contributed by atoms with E-state index < -0.39 is 17.9 Å². The Kier molecular flexibility index (Phi) is 4.88. The fourth-order valence-electron chi connectivity index (χ4n) is 2.77. The molecule has 2 N–H and O–H groups in total. The van der Waals surface area contributed by atoms with Crippen LogP contribution >= 0.6 is 0 Å². The number of amides is 2. The molecule has 1 heterocycles. The Hall–Kier alpha value is -3.35. The third kappa shape index (κ3) is 3.51. The molecule has 1 unspecified atom stereocenters. The van der Waals surface area contributed by atoms with Gasteiger partial charge in [-0.1, -0.05) is 6.07 Å². The molecule has 3 rings (SSSR count). The van der Waals surface area contributed by atoms with Crippen molar-refractivity contribution in [2.24, 2.45) is 0 Å². The Morgan fingerprint density at radius 3 is 2.62 bits per heavy atom. The van der Waals surface area contributed by atoms with Crippen LogP contribution in [0, 0.1) is 0 Å². The molecule has 2 aromatic carbocycles. The van der Waals surface area contributed by atoms with Crippen molar-refractivity contribution in [1.82, 2.24) is 0 Å². The van der Waals surface area contributed by atoms with Gasteiger partial charge in [-0.25, -0.2) is 9.69 Å². The number of hydrogen-bond donors (Lipinski definition) is 2. The van der Waals surface area contributed by atoms with E-state index in [1.165, 1.54) is 12.1 Å². The molecule has 134 valence electrons. The van der Waals surface area contributed by atoms with Crippen LogP contribution in [0.2, 0.25) is 0 Å². The third-order valence-electron chi connectivity index (χ3n) is 3.97. The van der Waals surface area contributed by atoms with Gasteiger partial charge in [-0.3, -0.25) is 9.59 Å². The molecule has 1 aliphatic rings. The van der Waals surface area contributed by atoms with Crippen molar-refractivity contribution in [2.75, 3.05) is 16.8 Å². The largest absolute Gasteiger partial charge is 0.508 e. The molecule has 1 saturated heterocycles. The average molecular weight is 354 g/mol. The summed E-state index contributed by atoms with van der Waals surface area (Å²) in [5.41, 5.74) is 1.36. The van der Waals surface area contributed by atoms with Gasteiger partial charge in [-0.05, 0) is 43.3 Å². The number of benzene rings is 2. The summed E-state index contributed by atoms with van der Waals surface area (Å²) in [4.78, 5) is 37.5. The number of carbonyl (C=O) groups is 3. The Balaban J connectivity index is 1.72. The molecule has 26 heavy (non-hydrogen) atoms. The van der Waals surface area contributed by atoms with E-state index in [4.69, 9.17) is 4.74 Å². The zero-order valence-electron chi connectivity index (χ0n) is 14.1. The zero-order chi connectivity index (χ0) is 18.7. The van der Waals surface area contributed by atoms with Gasteiger partial charge in [0.2, 0.25) is 5.91 Å². The second kappa shape index (κ2) is 7.26. The van der Waals surface area contributed by atoms with Crippen molar-refractivity contribution in [3.8, 4) is 5.75 Å². The number of phenols is 1. The molecule has 0 spiro atoms. The number of rotatable bonds is 5. The van der Waals surface area contributed by atoms with Crippen LogP contribution in [0.25, 0.3) is 0 Å². The lowest BCUT2D eigenvalue weighted by molar-refractivity contribution is -0.121. The maximum Gasteiger partial charge on any atom is 0.338 e. The molecule has 1 aliphatic heterocycles. The fourth-order valence-corrected chi connectivity index (χ4v) is 2.77. The quantitative estimate of drug-likeness (QED) is 0.632. The van der Waals surface area contributed by atoms with Crippen molar-refractivity contribution < 1.29 is 24.2 Å². The molecule has 7 heteroatoms. The summed E-state index contributed by atoms with van der Waals surface area (Å²) < 4.78 is 4.92. The van der Waals surface area contributed by atoms with Crippen molar-refractivity contribution in [3.63, 3.8) is 0 Å². The highest BCUT2D eigenvalue weighted by Gasteiger charge is 2.39. The summed E-state index contributed by atoms with van der Waals surface area (Å²) in [6.07, 6.45) is 0.00805. The normalized spacial score (nSPS) is 16.7.